The fourth-order valence-electron chi connectivity index (χ4n) is 1.86. The van der Waals surface area contributed by atoms with Crippen LogP contribution in [0, 0.1) is 24.1 Å². The first-order valence-corrected chi connectivity index (χ1v) is 6.14. The quantitative estimate of drug-likeness (QED) is 0.929. The lowest BCUT2D eigenvalue weighted by molar-refractivity contribution is -0.115. The highest BCUT2D eigenvalue weighted by Crippen LogP contribution is 2.19. The second-order valence-electron chi connectivity index (χ2n) is 4.47. The molecule has 0 aliphatic heterocycles. The van der Waals surface area contributed by atoms with Gasteiger partial charge in [0.25, 0.3) is 0 Å². The topological polar surface area (TPSA) is 52.9 Å². The van der Waals surface area contributed by atoms with Gasteiger partial charge in [-0.1, -0.05) is 24.3 Å². The van der Waals surface area contributed by atoms with Crippen molar-refractivity contribution in [3.63, 3.8) is 0 Å². The minimum Gasteiger partial charge on any atom is -0.323 e. The largest absolute Gasteiger partial charge is 0.323 e. The van der Waals surface area contributed by atoms with Gasteiger partial charge in [0, 0.05) is 0 Å². The van der Waals surface area contributed by atoms with Crippen molar-refractivity contribution in [3.05, 3.63) is 65.0 Å². The highest BCUT2D eigenvalue weighted by atomic mass is 19.1. The third-order valence-corrected chi connectivity index (χ3v) is 2.93. The van der Waals surface area contributed by atoms with Crippen LogP contribution in [0.4, 0.5) is 10.1 Å². The van der Waals surface area contributed by atoms with E-state index in [2.05, 4.69) is 5.32 Å². The summed E-state index contributed by atoms with van der Waals surface area (Å²) in [4.78, 5) is 11.9. The number of aryl methyl sites for hydroxylation is 1. The summed E-state index contributed by atoms with van der Waals surface area (Å²) in [5.74, 6) is -0.735. The fourth-order valence-corrected chi connectivity index (χ4v) is 1.86. The lowest BCUT2D eigenvalue weighted by atomic mass is 10.1. The Balaban J connectivity index is 2.07. The van der Waals surface area contributed by atoms with Gasteiger partial charge in [0.1, 0.15) is 5.82 Å². The molecule has 0 aliphatic rings. The molecule has 1 amide bonds. The number of halogens is 1. The number of nitriles is 1. The van der Waals surface area contributed by atoms with Crippen molar-refractivity contribution in [1.29, 1.82) is 5.26 Å². The van der Waals surface area contributed by atoms with E-state index in [1.54, 1.807) is 43.3 Å². The molecule has 100 valence electrons. The number of para-hydroxylation sites is 1. The Labute approximate surface area is 116 Å². The number of benzene rings is 2. The molecule has 3 nitrogen and oxygen atoms in total. The summed E-state index contributed by atoms with van der Waals surface area (Å²) in [6.45, 7) is 1.74. The molecular weight excluding hydrogens is 255 g/mol. The van der Waals surface area contributed by atoms with E-state index >= 15 is 0 Å². The van der Waals surface area contributed by atoms with Gasteiger partial charge in [-0.25, -0.2) is 4.39 Å². The Morgan fingerprint density at radius 3 is 2.55 bits per heavy atom. The summed E-state index contributed by atoms with van der Waals surface area (Å²) in [6, 6.07) is 13.4. The van der Waals surface area contributed by atoms with Crippen molar-refractivity contribution < 1.29 is 9.18 Å². The first-order chi connectivity index (χ1) is 9.60. The normalized spacial score (nSPS) is 9.85. The number of amides is 1. The zero-order chi connectivity index (χ0) is 14.5. The Bertz CT molecular complexity index is 652. The number of hydrogen-bond acceptors (Lipinski definition) is 2. The Hall–Kier alpha value is -2.67. The molecule has 0 aromatic heterocycles. The molecule has 0 spiro atoms. The van der Waals surface area contributed by atoms with E-state index in [0.29, 0.717) is 11.1 Å². The lowest BCUT2D eigenvalue weighted by Gasteiger charge is -2.09. The van der Waals surface area contributed by atoms with Gasteiger partial charge in [0.2, 0.25) is 5.91 Å². The molecule has 0 atom stereocenters. The summed E-state index contributed by atoms with van der Waals surface area (Å²) in [6.07, 6.45) is 0.138. The Kier molecular flexibility index (Phi) is 4.11. The van der Waals surface area contributed by atoms with Crippen LogP contribution >= 0.6 is 0 Å². The lowest BCUT2D eigenvalue weighted by Crippen LogP contribution is -2.16. The standard InChI is InChI=1S/C16H13FN2O/c1-11-3-2-4-14(17)16(11)19-15(20)9-12-5-7-13(10-18)8-6-12/h2-8H,9H2,1H3,(H,19,20). The molecule has 2 aromatic rings. The highest BCUT2D eigenvalue weighted by Gasteiger charge is 2.10. The van der Waals surface area contributed by atoms with E-state index < -0.39 is 5.82 Å². The second kappa shape index (κ2) is 5.98. The molecule has 0 unspecified atom stereocenters. The smallest absolute Gasteiger partial charge is 0.228 e. The Morgan fingerprint density at radius 2 is 1.95 bits per heavy atom. The maximum Gasteiger partial charge on any atom is 0.228 e. The maximum absolute atomic E-state index is 13.6. The van der Waals surface area contributed by atoms with Crippen LogP contribution < -0.4 is 5.32 Å². The second-order valence-corrected chi connectivity index (χ2v) is 4.47. The van der Waals surface area contributed by atoms with Crippen LogP contribution in [0.15, 0.2) is 42.5 Å². The third-order valence-electron chi connectivity index (χ3n) is 2.93. The van der Waals surface area contributed by atoms with Crippen LogP contribution in [0.2, 0.25) is 0 Å². The van der Waals surface area contributed by atoms with Crippen LogP contribution in [0.25, 0.3) is 0 Å². The average molecular weight is 268 g/mol. The summed E-state index contributed by atoms with van der Waals surface area (Å²) >= 11 is 0. The van der Waals surface area contributed by atoms with Crippen molar-refractivity contribution >= 4 is 11.6 Å². The van der Waals surface area contributed by atoms with Gasteiger partial charge in [-0.05, 0) is 36.2 Å². The molecule has 1 N–H and O–H groups in total. The van der Waals surface area contributed by atoms with E-state index in [1.807, 2.05) is 6.07 Å². The number of rotatable bonds is 3. The minimum absolute atomic E-state index is 0.138. The fraction of sp³-hybridized carbons (Fsp3) is 0.125. The zero-order valence-electron chi connectivity index (χ0n) is 11.0. The molecule has 0 bridgehead atoms. The molecule has 20 heavy (non-hydrogen) atoms. The van der Waals surface area contributed by atoms with Gasteiger partial charge in [0.15, 0.2) is 0 Å². The summed E-state index contributed by atoms with van der Waals surface area (Å²) in [5.41, 5.74) is 2.21. The van der Waals surface area contributed by atoms with Crippen molar-refractivity contribution in [1.82, 2.24) is 0 Å². The predicted molar refractivity (Wildman–Crippen MR) is 74.6 cm³/mol. The van der Waals surface area contributed by atoms with E-state index in [-0.39, 0.29) is 18.0 Å². The molecule has 0 saturated carbocycles. The van der Waals surface area contributed by atoms with Crippen molar-refractivity contribution in [2.45, 2.75) is 13.3 Å². The van der Waals surface area contributed by atoms with Gasteiger partial charge in [0.05, 0.1) is 23.7 Å². The van der Waals surface area contributed by atoms with E-state index in [0.717, 1.165) is 5.56 Å². The summed E-state index contributed by atoms with van der Waals surface area (Å²) < 4.78 is 13.6. The van der Waals surface area contributed by atoms with Crippen LogP contribution in [0.5, 0.6) is 0 Å². The minimum atomic E-state index is -0.446. The molecule has 4 heteroatoms. The van der Waals surface area contributed by atoms with Gasteiger partial charge >= 0.3 is 0 Å². The zero-order valence-corrected chi connectivity index (χ0v) is 11.0. The SMILES string of the molecule is Cc1cccc(F)c1NC(=O)Cc1ccc(C#N)cc1. The predicted octanol–water partition coefficient (Wildman–Crippen LogP) is 3.19. The third kappa shape index (κ3) is 3.21. The van der Waals surface area contributed by atoms with E-state index in [1.165, 1.54) is 6.07 Å². The van der Waals surface area contributed by atoms with Gasteiger partial charge in [-0.3, -0.25) is 4.79 Å². The summed E-state index contributed by atoms with van der Waals surface area (Å²) in [5, 5.41) is 11.3. The maximum atomic E-state index is 13.6. The Morgan fingerprint density at radius 1 is 1.25 bits per heavy atom. The molecule has 0 saturated heterocycles. The van der Waals surface area contributed by atoms with Crippen LogP contribution in [0.3, 0.4) is 0 Å². The number of anilines is 1. The van der Waals surface area contributed by atoms with Gasteiger partial charge < -0.3 is 5.32 Å². The molecule has 0 radical (unpaired) electrons. The van der Waals surface area contributed by atoms with E-state index in [9.17, 15) is 9.18 Å². The molecule has 2 rings (SSSR count). The first kappa shape index (κ1) is 13.8. The molecule has 0 fully saturated rings. The molecule has 0 heterocycles. The van der Waals surface area contributed by atoms with Crippen LogP contribution in [-0.2, 0) is 11.2 Å². The highest BCUT2D eigenvalue weighted by molar-refractivity contribution is 5.93. The molecule has 2 aromatic carbocycles. The molecular formula is C16H13FN2O. The van der Waals surface area contributed by atoms with Gasteiger partial charge in [-0.15, -0.1) is 0 Å². The summed E-state index contributed by atoms with van der Waals surface area (Å²) in [7, 11) is 0. The number of hydrogen-bond donors (Lipinski definition) is 1. The number of nitrogens with one attached hydrogen (secondary N) is 1. The molecule has 0 aliphatic carbocycles. The average Bonchev–Trinajstić information content (AvgIpc) is 2.44. The first-order valence-electron chi connectivity index (χ1n) is 6.14. The van der Waals surface area contributed by atoms with E-state index in [4.69, 9.17) is 5.26 Å². The monoisotopic (exact) mass is 268 g/mol. The number of carbonyl (C=O) groups is 1. The van der Waals surface area contributed by atoms with Crippen molar-refractivity contribution in [2.24, 2.45) is 0 Å². The van der Waals surface area contributed by atoms with Crippen LogP contribution in [0.1, 0.15) is 16.7 Å². The van der Waals surface area contributed by atoms with Gasteiger partial charge in [-0.2, -0.15) is 5.26 Å². The van der Waals surface area contributed by atoms with Crippen molar-refractivity contribution in [2.75, 3.05) is 5.32 Å². The van der Waals surface area contributed by atoms with Crippen LogP contribution in [-0.4, -0.2) is 5.91 Å². The number of nitrogens with zero attached hydrogens (tertiary/aromatic N) is 1. The van der Waals surface area contributed by atoms with Crippen molar-refractivity contribution in [3.8, 4) is 6.07 Å². The number of carbonyl (C=O) groups excluding carboxylic acids is 1.